The van der Waals surface area contributed by atoms with E-state index >= 15 is 0 Å². The zero-order valence-corrected chi connectivity index (χ0v) is 17.0. The number of carboxylic acid groups (broad SMARTS) is 1. The van der Waals surface area contributed by atoms with E-state index in [0.29, 0.717) is 26.0 Å². The van der Waals surface area contributed by atoms with E-state index in [2.05, 4.69) is 12.1 Å². The van der Waals surface area contributed by atoms with E-state index in [1.807, 2.05) is 31.0 Å². The van der Waals surface area contributed by atoms with Gasteiger partial charge in [-0.1, -0.05) is 43.3 Å². The van der Waals surface area contributed by atoms with Crippen LogP contribution in [0.5, 0.6) is 0 Å². The molecule has 6 heteroatoms. The molecule has 0 saturated heterocycles. The van der Waals surface area contributed by atoms with Gasteiger partial charge in [0.15, 0.2) is 0 Å². The van der Waals surface area contributed by atoms with Gasteiger partial charge < -0.3 is 9.84 Å². The van der Waals surface area contributed by atoms with Crippen LogP contribution in [-0.4, -0.2) is 35.6 Å². The summed E-state index contributed by atoms with van der Waals surface area (Å²) in [5.41, 5.74) is 2.58. The molecule has 0 spiro atoms. The van der Waals surface area contributed by atoms with Crippen molar-refractivity contribution in [2.24, 2.45) is 0 Å². The molecule has 0 bridgehead atoms. The molecule has 2 atom stereocenters. The maximum atomic E-state index is 13.5. The van der Waals surface area contributed by atoms with Gasteiger partial charge in [0.1, 0.15) is 17.5 Å². The van der Waals surface area contributed by atoms with E-state index in [1.165, 1.54) is 12.1 Å². The van der Waals surface area contributed by atoms with Gasteiger partial charge in [0.25, 0.3) is 0 Å². The second-order valence-corrected chi connectivity index (χ2v) is 7.13. The summed E-state index contributed by atoms with van der Waals surface area (Å²) in [5.74, 6) is -1.07. The molecular formula is C22H27ClFNO3. The molecule has 2 unspecified atom stereocenters. The number of hydrogen-bond acceptors (Lipinski definition) is 3. The molecule has 0 radical (unpaired) electrons. The summed E-state index contributed by atoms with van der Waals surface area (Å²) in [4.78, 5) is 13.2. The van der Waals surface area contributed by atoms with Crippen LogP contribution >= 0.6 is 12.4 Å². The van der Waals surface area contributed by atoms with Gasteiger partial charge in [-0.15, -0.1) is 12.4 Å². The summed E-state index contributed by atoms with van der Waals surface area (Å²) in [6, 6.07) is 14.1. The van der Waals surface area contributed by atoms with Crippen molar-refractivity contribution in [2.75, 3.05) is 13.6 Å². The second kappa shape index (κ2) is 9.50. The molecule has 4 nitrogen and oxygen atoms in total. The Kier molecular flexibility index (Phi) is 7.58. The van der Waals surface area contributed by atoms with Crippen molar-refractivity contribution >= 4 is 18.4 Å². The van der Waals surface area contributed by atoms with Gasteiger partial charge in [0.05, 0.1) is 6.61 Å². The molecule has 2 aromatic carbocycles. The minimum absolute atomic E-state index is 0. The maximum absolute atomic E-state index is 13.5. The number of carboxylic acids is 1. The average Bonchev–Trinajstić information content (AvgIpc) is 3.02. The first-order valence-corrected chi connectivity index (χ1v) is 9.39. The number of rotatable bonds is 8. The van der Waals surface area contributed by atoms with Crippen LogP contribution in [0.25, 0.3) is 0 Å². The van der Waals surface area contributed by atoms with E-state index in [1.54, 1.807) is 12.1 Å². The fourth-order valence-corrected chi connectivity index (χ4v) is 4.04. The van der Waals surface area contributed by atoms with Gasteiger partial charge in [-0.05, 0) is 61.7 Å². The summed E-state index contributed by atoms with van der Waals surface area (Å²) in [5, 5.41) is 9.34. The Labute approximate surface area is 171 Å². The fraction of sp³-hybridized carbons (Fsp3) is 0.409. The monoisotopic (exact) mass is 407 g/mol. The largest absolute Gasteiger partial charge is 0.480 e. The van der Waals surface area contributed by atoms with Gasteiger partial charge >= 0.3 is 5.97 Å². The van der Waals surface area contributed by atoms with E-state index in [4.69, 9.17) is 4.74 Å². The van der Waals surface area contributed by atoms with Crippen LogP contribution in [0.15, 0.2) is 48.5 Å². The molecule has 0 amide bonds. The first-order chi connectivity index (χ1) is 13.0. The zero-order chi connectivity index (χ0) is 19.4. The minimum Gasteiger partial charge on any atom is -0.480 e. The summed E-state index contributed by atoms with van der Waals surface area (Å²) < 4.78 is 19.7. The van der Waals surface area contributed by atoms with Gasteiger partial charge in [0, 0.05) is 0 Å². The number of carbonyl (C=O) groups is 1. The van der Waals surface area contributed by atoms with E-state index in [-0.39, 0.29) is 18.2 Å². The van der Waals surface area contributed by atoms with Gasteiger partial charge in [-0.2, -0.15) is 0 Å². The number of hydrogen-bond donors (Lipinski definition) is 1. The highest BCUT2D eigenvalue weighted by molar-refractivity contribution is 5.85. The van der Waals surface area contributed by atoms with Gasteiger partial charge in [0.2, 0.25) is 0 Å². The Balaban J connectivity index is 0.00000280. The molecule has 1 heterocycles. The Hall–Kier alpha value is -1.95. The van der Waals surface area contributed by atoms with Crippen molar-refractivity contribution < 1.29 is 19.0 Å². The molecule has 1 N–H and O–H groups in total. The predicted molar refractivity (Wildman–Crippen MR) is 109 cm³/mol. The van der Waals surface area contributed by atoms with Crippen LogP contribution in [0.1, 0.15) is 42.9 Å². The van der Waals surface area contributed by atoms with Crippen LogP contribution < -0.4 is 0 Å². The van der Waals surface area contributed by atoms with Gasteiger partial charge in [-0.25, -0.2) is 4.39 Å². The lowest BCUT2D eigenvalue weighted by Crippen LogP contribution is -2.39. The third-order valence-electron chi connectivity index (χ3n) is 5.48. The van der Waals surface area contributed by atoms with Crippen LogP contribution in [-0.2, 0) is 21.7 Å². The predicted octanol–water partition coefficient (Wildman–Crippen LogP) is 4.60. The lowest BCUT2D eigenvalue weighted by molar-refractivity contribution is -0.142. The van der Waals surface area contributed by atoms with Crippen molar-refractivity contribution in [1.82, 2.24) is 4.90 Å². The van der Waals surface area contributed by atoms with E-state index < -0.39 is 17.6 Å². The normalized spacial score (nSPS) is 19.1. The Bertz CT molecular complexity index is 799. The molecular weight excluding hydrogens is 381 g/mol. The average molecular weight is 408 g/mol. The highest BCUT2D eigenvalue weighted by atomic mass is 35.5. The Morgan fingerprint density at radius 1 is 1.25 bits per heavy atom. The van der Waals surface area contributed by atoms with Crippen LogP contribution in [0.3, 0.4) is 0 Å². The first-order valence-electron chi connectivity index (χ1n) is 9.39. The number of aliphatic carboxylic acids is 1. The third kappa shape index (κ3) is 4.37. The van der Waals surface area contributed by atoms with E-state index in [9.17, 15) is 14.3 Å². The first kappa shape index (κ1) is 22.3. The summed E-state index contributed by atoms with van der Waals surface area (Å²) in [6.07, 6.45) is 2.04. The number of halogens is 2. The van der Waals surface area contributed by atoms with Crippen molar-refractivity contribution in [1.29, 1.82) is 0 Å². The summed E-state index contributed by atoms with van der Waals surface area (Å²) in [6.45, 7) is 3.06. The highest BCUT2D eigenvalue weighted by Gasteiger charge is 2.41. The molecule has 3 rings (SSSR count). The third-order valence-corrected chi connectivity index (χ3v) is 5.48. The standard InChI is InChI=1S/C22H26FNO3.ClH/c1-3-20(21(25)26)24(2)14-6-13-22(17-9-11-18(23)12-10-17)19-8-5-4-7-16(19)15-27-22;/h4-5,7-12,20H,3,6,13-15H2,1-2H3,(H,25,26);1H. The van der Waals surface area contributed by atoms with Crippen molar-refractivity contribution in [2.45, 2.75) is 44.4 Å². The topological polar surface area (TPSA) is 49.8 Å². The highest BCUT2D eigenvalue weighted by Crippen LogP contribution is 2.45. The zero-order valence-electron chi connectivity index (χ0n) is 16.2. The molecule has 0 saturated carbocycles. The minimum atomic E-state index is -0.796. The quantitative estimate of drug-likeness (QED) is 0.695. The molecule has 1 aliphatic heterocycles. The maximum Gasteiger partial charge on any atom is 0.320 e. The second-order valence-electron chi connectivity index (χ2n) is 7.13. The number of likely N-dealkylation sites (N-methyl/N-ethyl adjacent to an activating group) is 1. The molecule has 2 aromatic rings. The summed E-state index contributed by atoms with van der Waals surface area (Å²) >= 11 is 0. The molecule has 152 valence electrons. The smallest absolute Gasteiger partial charge is 0.320 e. The molecule has 0 aromatic heterocycles. The molecule has 28 heavy (non-hydrogen) atoms. The van der Waals surface area contributed by atoms with Crippen LogP contribution in [0, 0.1) is 5.82 Å². The lowest BCUT2D eigenvalue weighted by Gasteiger charge is -2.32. The fourth-order valence-electron chi connectivity index (χ4n) is 4.04. The number of nitrogens with zero attached hydrogens (tertiary/aromatic N) is 1. The number of ether oxygens (including phenoxy) is 1. The number of fused-ring (bicyclic) bond motifs is 1. The van der Waals surface area contributed by atoms with Gasteiger partial charge in [-0.3, -0.25) is 9.69 Å². The summed E-state index contributed by atoms with van der Waals surface area (Å²) in [7, 11) is 1.84. The van der Waals surface area contributed by atoms with E-state index in [0.717, 1.165) is 23.1 Å². The lowest BCUT2D eigenvalue weighted by atomic mass is 9.82. The van der Waals surface area contributed by atoms with Crippen molar-refractivity contribution in [3.63, 3.8) is 0 Å². The molecule has 0 aliphatic carbocycles. The van der Waals surface area contributed by atoms with Crippen molar-refractivity contribution in [3.05, 3.63) is 71.0 Å². The Morgan fingerprint density at radius 3 is 2.57 bits per heavy atom. The van der Waals surface area contributed by atoms with Crippen LogP contribution in [0.2, 0.25) is 0 Å². The molecule has 1 aliphatic rings. The van der Waals surface area contributed by atoms with Crippen molar-refractivity contribution in [3.8, 4) is 0 Å². The molecule has 0 fully saturated rings. The number of benzene rings is 2. The Morgan fingerprint density at radius 2 is 1.93 bits per heavy atom. The SMILES string of the molecule is CCC(C(=O)O)N(C)CCCC1(c2ccc(F)cc2)OCc2ccccc21.Cl. The van der Waals surface area contributed by atoms with Crippen LogP contribution in [0.4, 0.5) is 4.39 Å².